The third-order valence-corrected chi connectivity index (χ3v) is 25.2. The molecule has 9 nitrogen and oxygen atoms in total. The minimum Gasteiger partial charge on any atom is -0.399 e. The highest BCUT2D eigenvalue weighted by atomic mass is 79.9. The van der Waals surface area contributed by atoms with Crippen LogP contribution in [0.15, 0.2) is 368 Å². The van der Waals surface area contributed by atoms with E-state index in [2.05, 4.69) is 267 Å². The zero-order valence-electron chi connectivity index (χ0n) is 66.9. The smallest absolute Gasteiger partial charge is 0.399 e. The number of rotatable bonds is 10. The van der Waals surface area contributed by atoms with Gasteiger partial charge in [0.2, 0.25) is 0 Å². The molecular formula is C109H81BBrN7O2. The first kappa shape index (κ1) is 73.9. The van der Waals surface area contributed by atoms with Gasteiger partial charge in [-0.2, -0.15) is 0 Å². The lowest BCUT2D eigenvalue weighted by atomic mass is 9.78. The third kappa shape index (κ3) is 14.1. The molecule has 0 bridgehead atoms. The number of hydrogen-bond donors (Lipinski definition) is 0. The average molecular weight is 1610 g/mol. The van der Waals surface area contributed by atoms with Gasteiger partial charge in [0.15, 0.2) is 34.9 Å². The van der Waals surface area contributed by atoms with Crippen molar-refractivity contribution in [1.29, 1.82) is 0 Å². The predicted octanol–water partition coefficient (Wildman–Crippen LogP) is 25.7. The van der Waals surface area contributed by atoms with E-state index in [1.54, 1.807) is 0 Å². The fourth-order valence-electron chi connectivity index (χ4n) is 17.9. The molecule has 3 aliphatic carbocycles. The van der Waals surface area contributed by atoms with E-state index in [-0.39, 0.29) is 0 Å². The van der Waals surface area contributed by atoms with Crippen LogP contribution < -0.4 is 5.46 Å². The molecule has 0 atom stereocenters. The highest BCUT2D eigenvalue weighted by Crippen LogP contribution is 2.49. The molecule has 11 heteroatoms. The summed E-state index contributed by atoms with van der Waals surface area (Å²) in [6.07, 6.45) is 3.89. The van der Waals surface area contributed by atoms with Gasteiger partial charge in [0, 0.05) is 60.2 Å². The van der Waals surface area contributed by atoms with Crippen LogP contribution in [-0.4, -0.2) is 52.8 Å². The first-order valence-electron chi connectivity index (χ1n) is 41.3. The second kappa shape index (κ2) is 30.7. The van der Waals surface area contributed by atoms with Crippen molar-refractivity contribution in [3.05, 3.63) is 430 Å². The van der Waals surface area contributed by atoms with Crippen molar-refractivity contribution in [3.63, 3.8) is 0 Å². The van der Waals surface area contributed by atoms with E-state index in [0.717, 1.165) is 74.6 Å². The first-order chi connectivity index (χ1) is 58.8. The number of halogens is 1. The summed E-state index contributed by atoms with van der Waals surface area (Å²) in [5.41, 5.74) is 30.3. The van der Waals surface area contributed by atoms with Gasteiger partial charge >= 0.3 is 7.12 Å². The second-order valence-electron chi connectivity index (χ2n) is 32.8. The Morgan fingerprint density at radius 2 is 0.667 bits per heavy atom. The van der Waals surface area contributed by atoms with Crippen molar-refractivity contribution in [2.45, 2.75) is 70.5 Å². The Balaban J connectivity index is 0.000000118. The number of fused-ring (bicyclic) bond motifs is 12. The minimum absolute atomic E-state index is 0.322. The first-order valence-corrected chi connectivity index (χ1v) is 42.1. The zero-order chi connectivity index (χ0) is 80.6. The number of benzene rings is 16. The molecule has 0 radical (unpaired) electrons. The molecule has 0 amide bonds. The quantitative estimate of drug-likeness (QED) is 0.125. The van der Waals surface area contributed by atoms with Gasteiger partial charge in [0.05, 0.1) is 22.2 Å². The van der Waals surface area contributed by atoms with Gasteiger partial charge in [-0.3, -0.25) is 0 Å². The fourth-order valence-corrected chi connectivity index (χ4v) is 18.3. The van der Waals surface area contributed by atoms with Crippen LogP contribution in [0.5, 0.6) is 0 Å². The van der Waals surface area contributed by atoms with Crippen molar-refractivity contribution >= 4 is 71.9 Å². The number of para-hydroxylation sites is 2. The van der Waals surface area contributed by atoms with Gasteiger partial charge in [-0.05, 0) is 212 Å². The molecule has 0 N–H and O–H groups in total. The maximum Gasteiger partial charge on any atom is 0.494 e. The fraction of sp³-hybridized carbons (Fsp3) is 0.101. The molecule has 4 aliphatic rings. The molecule has 0 saturated carbocycles. The molecule has 0 spiro atoms. The molecule has 16 aromatic carbocycles. The highest BCUT2D eigenvalue weighted by Gasteiger charge is 2.52. The second-order valence-corrected chi connectivity index (χ2v) is 33.7. The lowest BCUT2D eigenvalue weighted by Gasteiger charge is -2.32. The Morgan fingerprint density at radius 3 is 1.18 bits per heavy atom. The Hall–Kier alpha value is -13.7. The van der Waals surface area contributed by atoms with Crippen molar-refractivity contribution in [2.75, 3.05) is 0 Å². The standard InChI is InChI=1S/C51H34N4.C31H21Br.C27H26BN3O2/c1-3-12-33(13-4-1)49-52-50(34-14-5-2-6-15-34)54-51(53-49)39-17-11-16-35(26-39)36-22-23-37-28-42-31-43-32-44(25-24-38(43)29-41(42)30-40(37)27-36)55-47-20-9-7-18-45(47)46-19-8-10-21-48(46)55;32-26-12-11-20-14-23-16-22-15-21(10-9-19(22)13-24(23)17-25(20)18-26)31-29-7-3-1-5-27(29)28-6-2-4-8-30(28)31;1-26(2)27(3,4)33-28(32-26)22-17-11-16-21(18-22)25-30-23(19-12-7-5-8-13-19)29-24(31-25)20-14-9-6-10-15-20/h1-28,30,32H,29,31H2;1-12,14-15,17-18,31H,13,16H2;5-18H,1-4H3. The monoisotopic (exact) mass is 1610 g/mol. The van der Waals surface area contributed by atoms with E-state index in [1.807, 2.05) is 146 Å². The molecular weight excluding hydrogens is 1530 g/mol. The number of aromatic nitrogens is 7. The van der Waals surface area contributed by atoms with Crippen LogP contribution in [0.3, 0.4) is 0 Å². The van der Waals surface area contributed by atoms with Gasteiger partial charge in [0.25, 0.3) is 0 Å². The summed E-state index contributed by atoms with van der Waals surface area (Å²) in [5, 5.41) is 7.74. The molecule has 1 fully saturated rings. The Kier molecular flexibility index (Phi) is 18.9. The maximum absolute atomic E-state index is 6.25. The van der Waals surface area contributed by atoms with Crippen LogP contribution in [0.25, 0.3) is 140 Å². The zero-order valence-corrected chi connectivity index (χ0v) is 68.5. The minimum atomic E-state index is -0.445. The average Bonchev–Trinajstić information content (AvgIpc) is 1.54. The molecule has 120 heavy (non-hydrogen) atoms. The van der Waals surface area contributed by atoms with Crippen LogP contribution in [0.2, 0.25) is 0 Å². The lowest BCUT2D eigenvalue weighted by Crippen LogP contribution is -2.41. The summed E-state index contributed by atoms with van der Waals surface area (Å²) in [7, 11) is -0.445. The van der Waals surface area contributed by atoms with Crippen LogP contribution in [0.1, 0.15) is 94.8 Å². The van der Waals surface area contributed by atoms with E-state index in [4.69, 9.17) is 39.2 Å². The van der Waals surface area contributed by atoms with Crippen molar-refractivity contribution < 1.29 is 9.31 Å². The third-order valence-electron chi connectivity index (χ3n) is 24.8. The molecule has 574 valence electrons. The van der Waals surface area contributed by atoms with Crippen molar-refractivity contribution in [3.8, 4) is 96.3 Å². The Bertz CT molecular complexity index is 6990. The SMILES string of the molecule is Brc1ccc2cc3c(cc2c1)Cc1ccc(C2c4ccccc4-c4ccccc42)cc1C3.CC1(C)OB(c2cccc(-c3nc(-c4ccccc4)nc(-c4ccccc4)n3)c2)OC1(C)C.c1ccc(-c2nc(-c3ccccc3)nc(-c3cccc(-c4ccc5cc6c(cc5c4)Cc4ccc(-n5c7ccccc7c7ccccc75)cc4C6)c3)n2)cc1. The van der Waals surface area contributed by atoms with Crippen LogP contribution in [0, 0.1) is 0 Å². The van der Waals surface area contributed by atoms with Gasteiger partial charge < -0.3 is 13.9 Å². The lowest BCUT2D eigenvalue weighted by molar-refractivity contribution is 0.00578. The number of hydrogen-bond acceptors (Lipinski definition) is 8. The molecule has 4 heterocycles. The molecule has 19 aromatic rings. The van der Waals surface area contributed by atoms with E-state index in [0.29, 0.717) is 40.9 Å². The van der Waals surface area contributed by atoms with Crippen molar-refractivity contribution in [2.24, 2.45) is 0 Å². The van der Waals surface area contributed by atoms with Crippen LogP contribution in [0.4, 0.5) is 0 Å². The Labute approximate surface area is 707 Å². The van der Waals surface area contributed by atoms with Crippen molar-refractivity contribution in [1.82, 2.24) is 34.5 Å². The largest absolute Gasteiger partial charge is 0.494 e. The summed E-state index contributed by atoms with van der Waals surface area (Å²) < 4.78 is 16.1. The normalized spacial score (nSPS) is 13.9. The van der Waals surface area contributed by atoms with E-state index in [9.17, 15) is 0 Å². The summed E-state index contributed by atoms with van der Waals surface area (Å²) in [4.78, 5) is 29.2. The highest BCUT2D eigenvalue weighted by molar-refractivity contribution is 9.10. The van der Waals surface area contributed by atoms with Gasteiger partial charge in [-0.25, -0.2) is 29.9 Å². The molecule has 1 saturated heterocycles. The van der Waals surface area contributed by atoms with E-state index in [1.165, 1.54) is 127 Å². The van der Waals surface area contributed by atoms with E-state index < -0.39 is 18.3 Å². The summed E-state index contributed by atoms with van der Waals surface area (Å²) in [5.74, 6) is 4.19. The summed E-state index contributed by atoms with van der Waals surface area (Å²) in [6.45, 7) is 8.23. The van der Waals surface area contributed by atoms with E-state index >= 15 is 0 Å². The maximum atomic E-state index is 6.25. The summed E-state index contributed by atoms with van der Waals surface area (Å²) >= 11 is 3.62. The molecule has 23 rings (SSSR count). The molecule has 3 aromatic heterocycles. The van der Waals surface area contributed by atoms with Gasteiger partial charge in [-0.15, -0.1) is 0 Å². The van der Waals surface area contributed by atoms with Crippen LogP contribution >= 0.6 is 15.9 Å². The van der Waals surface area contributed by atoms with Gasteiger partial charge in [0.1, 0.15) is 0 Å². The molecule has 1 aliphatic heterocycles. The predicted molar refractivity (Wildman–Crippen MR) is 494 cm³/mol. The topological polar surface area (TPSA) is 101 Å². The molecule has 0 unspecified atom stereocenters. The number of nitrogens with zero attached hydrogens (tertiary/aromatic N) is 7. The van der Waals surface area contributed by atoms with Crippen LogP contribution in [-0.2, 0) is 35.0 Å². The van der Waals surface area contributed by atoms with Gasteiger partial charge in [-0.1, -0.05) is 331 Å². The summed E-state index contributed by atoms with van der Waals surface area (Å²) in [6, 6.07) is 129. The Morgan fingerprint density at radius 1 is 0.292 bits per heavy atom.